The molecule has 0 saturated heterocycles. The van der Waals surface area contributed by atoms with Crippen LogP contribution in [-0.4, -0.2) is 70.2 Å². The van der Waals surface area contributed by atoms with E-state index in [-0.39, 0.29) is 11.4 Å². The number of aromatic nitrogens is 3. The van der Waals surface area contributed by atoms with Gasteiger partial charge in [-0.3, -0.25) is 4.79 Å². The van der Waals surface area contributed by atoms with E-state index in [0.29, 0.717) is 17.4 Å². The number of quaternary nitrogens is 1. The van der Waals surface area contributed by atoms with Crippen LogP contribution in [0.4, 0.5) is 4.79 Å². The number of thioether (sulfide) groups is 1. The minimum atomic E-state index is -0.885. The lowest BCUT2D eigenvalue weighted by Crippen LogP contribution is -2.74. The molecule has 1 amide bonds. The number of amides is 1. The summed E-state index contributed by atoms with van der Waals surface area (Å²) in [7, 11) is 7.28. The lowest BCUT2D eigenvalue weighted by Gasteiger charge is -2.17. The Balaban J connectivity index is 0.00000227. The van der Waals surface area contributed by atoms with Gasteiger partial charge in [-0.05, 0) is 12.8 Å². The summed E-state index contributed by atoms with van der Waals surface area (Å²) in [5.41, 5.74) is -0.284. The van der Waals surface area contributed by atoms with Crippen LogP contribution in [0, 0.1) is 0 Å². The van der Waals surface area contributed by atoms with Crippen molar-refractivity contribution in [3.63, 3.8) is 0 Å². The molecule has 1 unspecified atom stereocenters. The number of carbonyl (C=O) groups excluding carboxylic acids is 1. The van der Waals surface area contributed by atoms with Crippen LogP contribution in [0.1, 0.15) is 65.6 Å². The van der Waals surface area contributed by atoms with Gasteiger partial charge in [-0.2, -0.15) is 4.68 Å². The molecule has 0 aliphatic rings. The molecule has 1 rings (SSSR count). The Kier molecular flexibility index (Phi) is 12.0. The summed E-state index contributed by atoms with van der Waals surface area (Å²) in [5.74, 6) is -0.324. The van der Waals surface area contributed by atoms with Gasteiger partial charge in [0.2, 0.25) is 0 Å². The zero-order chi connectivity index (χ0) is 21.9. The van der Waals surface area contributed by atoms with Crippen molar-refractivity contribution in [1.29, 1.82) is 0 Å². The van der Waals surface area contributed by atoms with Gasteiger partial charge in [0.1, 0.15) is 5.25 Å². The molecule has 0 fully saturated rings. The van der Waals surface area contributed by atoms with Crippen molar-refractivity contribution in [1.82, 2.24) is 19.7 Å². The summed E-state index contributed by atoms with van der Waals surface area (Å²) in [4.78, 5) is 30.0. The summed E-state index contributed by atoms with van der Waals surface area (Å²) in [6, 6.07) is -0.328. The summed E-state index contributed by atoms with van der Waals surface area (Å²) in [5, 5.41) is 15.6. The van der Waals surface area contributed by atoms with Crippen LogP contribution in [0.5, 0.6) is 0 Å². The molecule has 1 atom stereocenters. The number of rotatable bonds is 9. The highest BCUT2D eigenvalue weighted by atomic mass is 32.2. The molecule has 0 radical (unpaired) electrons. The minimum absolute atomic E-state index is 0.284. The molecule has 8 nitrogen and oxygen atoms in total. The molecule has 1 heterocycles. The smallest absolute Gasteiger partial charge is 0.346 e. The topological polar surface area (TPSA) is 105 Å². The van der Waals surface area contributed by atoms with Gasteiger partial charge < -0.3 is 15.3 Å². The van der Waals surface area contributed by atoms with Crippen LogP contribution in [0.3, 0.4) is 0 Å². The third-order valence-electron chi connectivity index (χ3n) is 4.22. The van der Waals surface area contributed by atoms with Gasteiger partial charge in [-0.1, -0.05) is 58.7 Å². The molecular weight excluding hydrogens is 378 g/mol. The van der Waals surface area contributed by atoms with Gasteiger partial charge in [0.15, 0.2) is 11.0 Å². The van der Waals surface area contributed by atoms with E-state index in [1.807, 2.05) is 40.2 Å². The van der Waals surface area contributed by atoms with E-state index in [9.17, 15) is 14.7 Å². The monoisotopic (exact) mass is 416 g/mol. The van der Waals surface area contributed by atoms with E-state index >= 15 is 0 Å². The molecule has 3 N–H and O–H groups in total. The average Bonchev–Trinajstić information content (AvgIpc) is 3.05. The molecule has 0 aliphatic heterocycles. The quantitative estimate of drug-likeness (QED) is 0.473. The summed E-state index contributed by atoms with van der Waals surface area (Å²) in [6.45, 7) is 8.13. The number of hydrogen-bond donors (Lipinski definition) is 2. The predicted octanol–water partition coefficient (Wildman–Crippen LogP) is 2.43. The van der Waals surface area contributed by atoms with E-state index in [2.05, 4.69) is 17.0 Å². The highest BCUT2D eigenvalue weighted by Gasteiger charge is 2.30. The molecule has 28 heavy (non-hydrogen) atoms. The molecule has 1 aromatic rings. The van der Waals surface area contributed by atoms with Gasteiger partial charge in [0.05, 0.1) is 14.1 Å². The zero-order valence-corrected chi connectivity index (χ0v) is 19.5. The van der Waals surface area contributed by atoms with Crippen molar-refractivity contribution in [3.05, 3.63) is 5.82 Å². The minimum Gasteiger partial charge on any atom is -0.480 e. The first-order chi connectivity index (χ1) is 13.0. The Morgan fingerprint density at radius 1 is 1.25 bits per heavy atom. The Labute approximate surface area is 173 Å². The number of nitrogens with zero attached hydrogens (tertiary/aromatic N) is 4. The lowest BCUT2D eigenvalue weighted by atomic mass is 9.90. The first-order valence-electron chi connectivity index (χ1n) is 9.88. The Bertz CT molecular complexity index is 617. The Morgan fingerprint density at radius 3 is 2.25 bits per heavy atom. The summed E-state index contributed by atoms with van der Waals surface area (Å²) in [6.07, 6.45) is 4.21. The third-order valence-corrected chi connectivity index (χ3v) is 5.42. The van der Waals surface area contributed by atoms with Crippen LogP contribution in [0.25, 0.3) is 0 Å². The van der Waals surface area contributed by atoms with Gasteiger partial charge in [0.25, 0.3) is 0 Å². The van der Waals surface area contributed by atoms with Crippen molar-refractivity contribution in [3.8, 4) is 0 Å². The summed E-state index contributed by atoms with van der Waals surface area (Å²) < 4.78 is 1.23. The fourth-order valence-electron chi connectivity index (χ4n) is 2.07. The molecule has 0 spiro atoms. The standard InChI is InChI=1S/C17H30N4O3S.C2H7N/c1-7-9-10-11-12(13(22)23)25-15-18-14(17(3,4)8-2)19-21(15)16(24)20(5)6;1-3-2/h12H,7-11H2,1-6H3,(H,22,23);3H,1-2H3/p+1. The Morgan fingerprint density at radius 2 is 1.82 bits per heavy atom. The first kappa shape index (κ1) is 26.4. The number of unbranched alkanes of at least 4 members (excludes halogenated alkanes) is 2. The predicted molar refractivity (Wildman–Crippen MR) is 113 cm³/mol. The van der Waals surface area contributed by atoms with Crippen LogP contribution in [0.15, 0.2) is 5.16 Å². The van der Waals surface area contributed by atoms with E-state index in [0.717, 1.165) is 37.4 Å². The number of carboxylic acid groups (broad SMARTS) is 1. The van der Waals surface area contributed by atoms with Crippen molar-refractivity contribution in [2.24, 2.45) is 0 Å². The highest BCUT2D eigenvalue weighted by Crippen LogP contribution is 2.30. The fraction of sp³-hybridized carbons (Fsp3) is 0.789. The van der Waals surface area contributed by atoms with Gasteiger partial charge >= 0.3 is 12.0 Å². The lowest BCUT2D eigenvalue weighted by molar-refractivity contribution is -0.597. The van der Waals surface area contributed by atoms with E-state index in [1.54, 1.807) is 14.1 Å². The van der Waals surface area contributed by atoms with E-state index in [1.165, 1.54) is 9.58 Å². The number of carboxylic acids is 1. The first-order valence-corrected chi connectivity index (χ1v) is 10.8. The molecule has 9 heteroatoms. The van der Waals surface area contributed by atoms with E-state index in [4.69, 9.17) is 0 Å². The Hall–Kier alpha value is -1.61. The summed E-state index contributed by atoms with van der Waals surface area (Å²) >= 11 is 1.11. The average molecular weight is 417 g/mol. The maximum absolute atomic E-state index is 12.4. The van der Waals surface area contributed by atoms with Crippen molar-refractivity contribution >= 4 is 23.8 Å². The molecule has 0 saturated carbocycles. The maximum Gasteiger partial charge on any atom is 0.346 e. The molecule has 0 bridgehead atoms. The number of hydrogen-bond acceptors (Lipinski definition) is 5. The second-order valence-corrected chi connectivity index (χ2v) is 8.73. The van der Waals surface area contributed by atoms with Crippen molar-refractivity contribution in [2.45, 2.75) is 75.6 Å². The third kappa shape index (κ3) is 8.18. The number of carbonyl (C=O) groups is 2. The normalized spacial score (nSPS) is 12.1. The second-order valence-electron chi connectivity index (χ2n) is 7.56. The van der Waals surface area contributed by atoms with Crippen LogP contribution in [-0.2, 0) is 10.2 Å². The molecule has 0 aromatic carbocycles. The molecular formula is C19H38N5O3S+. The fourth-order valence-corrected chi connectivity index (χ4v) is 3.07. The van der Waals surface area contributed by atoms with Crippen molar-refractivity contribution < 1.29 is 20.0 Å². The number of aliphatic carboxylic acids is 1. The number of nitrogens with two attached hydrogens (primary N) is 1. The van der Waals surface area contributed by atoms with Gasteiger partial charge in [-0.25, -0.2) is 9.78 Å². The van der Waals surface area contributed by atoms with Crippen LogP contribution < -0.4 is 5.32 Å². The second kappa shape index (κ2) is 12.8. The van der Waals surface area contributed by atoms with E-state index < -0.39 is 11.2 Å². The molecule has 162 valence electrons. The molecule has 0 aliphatic carbocycles. The van der Waals surface area contributed by atoms with Crippen molar-refractivity contribution in [2.75, 3.05) is 28.2 Å². The SMILES string of the molecule is CCCCCC(Sc1nc(C(C)(C)CC)nn1C(=O)N(C)C)C(=O)O.C[NH2+]C. The largest absolute Gasteiger partial charge is 0.480 e. The van der Waals surface area contributed by atoms with Crippen LogP contribution in [0.2, 0.25) is 0 Å². The van der Waals surface area contributed by atoms with Gasteiger partial charge in [-0.15, -0.1) is 5.10 Å². The zero-order valence-electron chi connectivity index (χ0n) is 18.7. The van der Waals surface area contributed by atoms with Crippen LogP contribution >= 0.6 is 11.8 Å². The van der Waals surface area contributed by atoms with Gasteiger partial charge in [0, 0.05) is 19.5 Å². The maximum atomic E-state index is 12.4. The molecule has 1 aromatic heterocycles. The highest BCUT2D eigenvalue weighted by molar-refractivity contribution is 8.00.